The Morgan fingerprint density at radius 2 is 1.33 bits per heavy atom. The Morgan fingerprint density at radius 3 is 1.81 bits per heavy atom. The van der Waals surface area contributed by atoms with Crippen LogP contribution >= 0.6 is 0 Å². The molecule has 0 bridgehead atoms. The van der Waals surface area contributed by atoms with E-state index in [1.54, 1.807) is 19.1 Å². The summed E-state index contributed by atoms with van der Waals surface area (Å²) < 4.78 is 50.9. The molecule has 1 aliphatic rings. The van der Waals surface area contributed by atoms with Gasteiger partial charge >= 0.3 is 0 Å². The molecule has 21 heavy (non-hydrogen) atoms. The van der Waals surface area contributed by atoms with E-state index in [0.29, 0.717) is 9.27 Å². The molecule has 1 heterocycles. The molecule has 0 amide bonds. The molecule has 0 unspecified atom stereocenters. The molecule has 7 heteroatoms. The lowest BCUT2D eigenvalue weighted by Gasteiger charge is -2.18. The zero-order valence-electron chi connectivity index (χ0n) is 11.4. The average Bonchev–Trinajstić information content (AvgIpc) is 2.56. The van der Waals surface area contributed by atoms with Gasteiger partial charge in [0.15, 0.2) is 0 Å². The fourth-order valence-electron chi connectivity index (χ4n) is 2.45. The lowest BCUT2D eigenvalue weighted by atomic mass is 10.1. The van der Waals surface area contributed by atoms with Crippen LogP contribution in [0.5, 0.6) is 0 Å². The minimum Gasteiger partial charge on any atom is -0.200 e. The van der Waals surface area contributed by atoms with Gasteiger partial charge in [0, 0.05) is 0 Å². The number of anilines is 1. The van der Waals surface area contributed by atoms with Gasteiger partial charge in [0.2, 0.25) is 0 Å². The number of nitrogens with zero attached hydrogens (tertiary/aromatic N) is 1. The van der Waals surface area contributed by atoms with Crippen LogP contribution in [0.4, 0.5) is 5.69 Å². The molecule has 0 radical (unpaired) electrons. The molecule has 0 N–H and O–H groups in total. The first-order chi connectivity index (χ1) is 9.76. The van der Waals surface area contributed by atoms with E-state index in [1.165, 1.54) is 30.3 Å². The molecule has 0 aliphatic carbocycles. The quantitative estimate of drug-likeness (QED) is 0.806. The van der Waals surface area contributed by atoms with Crippen molar-refractivity contribution in [1.29, 1.82) is 0 Å². The minimum absolute atomic E-state index is 0.164. The highest BCUT2D eigenvalue weighted by Crippen LogP contribution is 2.41. The van der Waals surface area contributed by atoms with Crippen molar-refractivity contribution in [2.75, 3.05) is 3.71 Å². The summed E-state index contributed by atoms with van der Waals surface area (Å²) >= 11 is 0. The van der Waals surface area contributed by atoms with Crippen LogP contribution in [0.15, 0.2) is 52.3 Å². The first-order valence-electron chi connectivity index (χ1n) is 6.23. The van der Waals surface area contributed by atoms with Crippen molar-refractivity contribution >= 4 is 25.7 Å². The molecule has 0 spiro atoms. The van der Waals surface area contributed by atoms with Gasteiger partial charge in [-0.3, -0.25) is 0 Å². The highest BCUT2D eigenvalue weighted by atomic mass is 32.3. The summed E-state index contributed by atoms with van der Waals surface area (Å²) in [5.41, 5.74) is 1.69. The molecule has 0 saturated heterocycles. The van der Waals surface area contributed by atoms with Gasteiger partial charge in [-0.05, 0) is 37.6 Å². The van der Waals surface area contributed by atoms with Crippen LogP contribution in [-0.2, 0) is 20.0 Å². The average molecular weight is 323 g/mol. The Bertz CT molecular complexity index is 894. The van der Waals surface area contributed by atoms with Gasteiger partial charge < -0.3 is 0 Å². The van der Waals surface area contributed by atoms with Crippen molar-refractivity contribution in [2.45, 2.75) is 23.6 Å². The van der Waals surface area contributed by atoms with E-state index in [9.17, 15) is 16.8 Å². The van der Waals surface area contributed by atoms with Gasteiger partial charge in [0.25, 0.3) is 20.0 Å². The maximum Gasteiger partial charge on any atom is 0.279 e. The van der Waals surface area contributed by atoms with Crippen molar-refractivity contribution < 1.29 is 16.8 Å². The first-order valence-corrected chi connectivity index (χ1v) is 9.11. The largest absolute Gasteiger partial charge is 0.279 e. The number of benzene rings is 2. The third-order valence-electron chi connectivity index (χ3n) is 3.39. The van der Waals surface area contributed by atoms with Crippen molar-refractivity contribution in [1.82, 2.24) is 0 Å². The minimum atomic E-state index is -4.10. The number of hydrogen-bond donors (Lipinski definition) is 0. The van der Waals surface area contributed by atoms with Gasteiger partial charge in [0.05, 0.1) is 5.69 Å². The Labute approximate surface area is 123 Å². The topological polar surface area (TPSA) is 71.5 Å². The van der Waals surface area contributed by atoms with Crippen molar-refractivity contribution in [2.24, 2.45) is 0 Å². The Balaban J connectivity index is 2.36. The normalized spacial score (nSPS) is 18.5. The molecule has 0 fully saturated rings. The van der Waals surface area contributed by atoms with Gasteiger partial charge in [-0.25, -0.2) is 0 Å². The number of fused-ring (bicyclic) bond motifs is 1. The van der Waals surface area contributed by atoms with Gasteiger partial charge in [-0.15, -0.1) is 0 Å². The number of sulfonamides is 2. The third kappa shape index (κ3) is 1.88. The molecular weight excluding hydrogens is 310 g/mol. The van der Waals surface area contributed by atoms with Crippen LogP contribution in [0, 0.1) is 13.8 Å². The fourth-order valence-corrected chi connectivity index (χ4v) is 7.03. The zero-order valence-corrected chi connectivity index (χ0v) is 13.1. The molecule has 3 rings (SSSR count). The molecule has 110 valence electrons. The predicted molar refractivity (Wildman–Crippen MR) is 79.2 cm³/mol. The molecular formula is C14H13NO4S2. The molecule has 2 aromatic carbocycles. The van der Waals surface area contributed by atoms with E-state index in [-0.39, 0.29) is 15.5 Å². The second kappa shape index (κ2) is 4.32. The van der Waals surface area contributed by atoms with Crippen LogP contribution in [0.1, 0.15) is 11.1 Å². The van der Waals surface area contributed by atoms with E-state index in [2.05, 4.69) is 0 Å². The third-order valence-corrected chi connectivity index (χ3v) is 7.79. The van der Waals surface area contributed by atoms with Crippen LogP contribution in [0.2, 0.25) is 0 Å². The first kappa shape index (κ1) is 14.1. The number of hydrogen-bond acceptors (Lipinski definition) is 4. The fraction of sp³-hybridized carbons (Fsp3) is 0.143. The molecule has 0 aromatic heterocycles. The maximum absolute atomic E-state index is 12.6. The summed E-state index contributed by atoms with van der Waals surface area (Å²) in [5.74, 6) is 0. The van der Waals surface area contributed by atoms with Crippen molar-refractivity contribution in [3.05, 3.63) is 53.6 Å². The van der Waals surface area contributed by atoms with Crippen molar-refractivity contribution in [3.63, 3.8) is 0 Å². The molecule has 5 nitrogen and oxygen atoms in total. The second-order valence-corrected chi connectivity index (χ2v) is 8.69. The highest BCUT2D eigenvalue weighted by molar-refractivity contribution is 8.12. The highest BCUT2D eigenvalue weighted by Gasteiger charge is 2.47. The molecule has 1 aliphatic heterocycles. The van der Waals surface area contributed by atoms with E-state index in [0.717, 1.165) is 5.56 Å². The molecule has 0 saturated carbocycles. The smallest absolute Gasteiger partial charge is 0.200 e. The van der Waals surface area contributed by atoms with E-state index < -0.39 is 20.0 Å². The van der Waals surface area contributed by atoms with E-state index in [1.807, 2.05) is 6.92 Å². The zero-order chi connectivity index (χ0) is 15.4. The Kier molecular flexibility index (Phi) is 2.90. The van der Waals surface area contributed by atoms with Gasteiger partial charge in [-0.2, -0.15) is 20.5 Å². The van der Waals surface area contributed by atoms with E-state index >= 15 is 0 Å². The van der Waals surface area contributed by atoms with Gasteiger partial charge in [-0.1, -0.05) is 29.8 Å². The van der Waals surface area contributed by atoms with Crippen LogP contribution in [0.3, 0.4) is 0 Å². The monoisotopic (exact) mass is 323 g/mol. The summed E-state index contributed by atoms with van der Waals surface area (Å²) in [6.07, 6.45) is 0. The summed E-state index contributed by atoms with van der Waals surface area (Å²) in [5, 5.41) is 0. The summed E-state index contributed by atoms with van der Waals surface area (Å²) in [7, 11) is -8.19. The van der Waals surface area contributed by atoms with Gasteiger partial charge in [0.1, 0.15) is 9.79 Å². The van der Waals surface area contributed by atoms with Crippen LogP contribution in [0.25, 0.3) is 0 Å². The van der Waals surface area contributed by atoms with E-state index in [4.69, 9.17) is 0 Å². The lowest BCUT2D eigenvalue weighted by Crippen LogP contribution is -2.30. The summed E-state index contributed by atoms with van der Waals surface area (Å²) in [6.45, 7) is 3.55. The Morgan fingerprint density at radius 1 is 0.810 bits per heavy atom. The number of aryl methyl sites for hydroxylation is 2. The van der Waals surface area contributed by atoms with Crippen LogP contribution < -0.4 is 3.71 Å². The molecule has 0 atom stereocenters. The SMILES string of the molecule is Cc1ccc(N2S(=O)(=O)c3ccccc3S2(=O)=O)c(C)c1. The summed E-state index contributed by atoms with van der Waals surface area (Å²) in [4.78, 5) is -0.352. The lowest BCUT2D eigenvalue weighted by molar-refractivity contribution is 0.593. The van der Waals surface area contributed by atoms with Crippen LogP contribution in [-0.4, -0.2) is 16.8 Å². The molecule has 2 aromatic rings. The second-order valence-electron chi connectivity index (χ2n) is 4.94. The predicted octanol–water partition coefficient (Wildman–Crippen LogP) is 2.20. The maximum atomic E-state index is 12.6. The van der Waals surface area contributed by atoms with Crippen molar-refractivity contribution in [3.8, 4) is 0 Å². The standard InChI is InChI=1S/C14H13NO4S2/c1-10-7-8-12(11(2)9-10)15-20(16,17)13-5-3-4-6-14(13)21(15,18)19/h3-9H,1-2H3. The number of rotatable bonds is 1. The Hall–Kier alpha value is -1.86. The summed E-state index contributed by atoms with van der Waals surface area (Å²) in [6, 6.07) is 10.6.